The lowest BCUT2D eigenvalue weighted by atomic mass is 9.74. The monoisotopic (exact) mass is 463 g/mol. The maximum absolute atomic E-state index is 13.4. The highest BCUT2D eigenvalue weighted by atomic mass is 35.5. The van der Waals surface area contributed by atoms with Gasteiger partial charge in [0.25, 0.3) is 0 Å². The third kappa shape index (κ3) is 3.54. The number of nitrogens with one attached hydrogen (secondary N) is 2. The Hall–Kier alpha value is -2.68. The minimum absolute atomic E-state index is 0.0219. The lowest BCUT2D eigenvalue weighted by Gasteiger charge is -2.29. The molecule has 162 valence electrons. The number of hydrogen-bond donors (Lipinski definition) is 2. The molecule has 0 unspecified atom stereocenters. The van der Waals surface area contributed by atoms with Crippen molar-refractivity contribution in [3.05, 3.63) is 73.8 Å². The van der Waals surface area contributed by atoms with Crippen molar-refractivity contribution in [1.29, 1.82) is 0 Å². The summed E-state index contributed by atoms with van der Waals surface area (Å²) in [5, 5.41) is 19.1. The van der Waals surface area contributed by atoms with Gasteiger partial charge in [-0.2, -0.15) is 0 Å². The van der Waals surface area contributed by atoms with Crippen LogP contribution in [-0.4, -0.2) is 36.0 Å². The summed E-state index contributed by atoms with van der Waals surface area (Å²) < 4.78 is 4.69. The molecule has 2 aromatic carbocycles. The number of carbonyl (C=O) groups excluding carboxylic acids is 2. The lowest BCUT2D eigenvalue weighted by Crippen LogP contribution is -2.49. The van der Waals surface area contributed by atoms with Crippen LogP contribution >= 0.6 is 23.2 Å². The summed E-state index contributed by atoms with van der Waals surface area (Å²) in [6, 6.07) is 9.72. The van der Waals surface area contributed by atoms with E-state index in [1.807, 2.05) is 0 Å². The Bertz CT molecular complexity index is 1080. The maximum atomic E-state index is 13.4. The molecule has 1 saturated heterocycles. The zero-order valence-electron chi connectivity index (χ0n) is 16.4. The second kappa shape index (κ2) is 8.11. The highest BCUT2D eigenvalue weighted by Crippen LogP contribution is 2.53. The van der Waals surface area contributed by atoms with Crippen molar-refractivity contribution in [3.8, 4) is 0 Å². The summed E-state index contributed by atoms with van der Waals surface area (Å²) in [7, 11) is 1.26. The summed E-state index contributed by atoms with van der Waals surface area (Å²) in [5.41, 5.74) is 0.204. The highest BCUT2D eigenvalue weighted by molar-refractivity contribution is 6.31. The molecule has 2 aliphatic rings. The number of nitrogens with zero attached hydrogens (tertiary/aromatic N) is 1. The van der Waals surface area contributed by atoms with Crippen LogP contribution in [0.1, 0.15) is 29.9 Å². The van der Waals surface area contributed by atoms with Crippen LogP contribution in [-0.2, 0) is 19.9 Å². The summed E-state index contributed by atoms with van der Waals surface area (Å²) in [6.07, 6.45) is 0.110. The third-order valence-corrected chi connectivity index (χ3v) is 6.45. The summed E-state index contributed by atoms with van der Waals surface area (Å²) in [4.78, 5) is 37.0. The van der Waals surface area contributed by atoms with Gasteiger partial charge in [0.15, 0.2) is 0 Å². The molecule has 0 radical (unpaired) electrons. The minimum atomic E-state index is -1.41. The average Bonchev–Trinajstić information content (AvgIpc) is 3.21. The topological polar surface area (TPSA) is 111 Å². The fourth-order valence-electron chi connectivity index (χ4n) is 4.75. The van der Waals surface area contributed by atoms with E-state index in [4.69, 9.17) is 27.9 Å². The van der Waals surface area contributed by atoms with Crippen molar-refractivity contribution in [3.63, 3.8) is 0 Å². The Labute approximate surface area is 188 Å². The molecule has 4 atom stereocenters. The molecule has 1 amide bonds. The largest absolute Gasteiger partial charge is 0.469 e. The van der Waals surface area contributed by atoms with Gasteiger partial charge in [-0.05, 0) is 36.2 Å². The van der Waals surface area contributed by atoms with E-state index in [-0.39, 0.29) is 12.8 Å². The van der Waals surface area contributed by atoms with E-state index in [0.717, 1.165) is 0 Å². The number of rotatable bonds is 5. The second-order valence-electron chi connectivity index (χ2n) is 7.63. The average molecular weight is 464 g/mol. The molecule has 2 aliphatic heterocycles. The van der Waals surface area contributed by atoms with Crippen molar-refractivity contribution < 1.29 is 19.2 Å². The van der Waals surface area contributed by atoms with Gasteiger partial charge in [-0.3, -0.25) is 25.0 Å². The molecule has 10 heteroatoms. The standard InChI is InChI=1S/C21H19Cl2N3O5/c1-31-17(27)8-7-15-19(26(29)30)18(11-3-2-4-12(22)9-11)21(25-15)14-6-5-13(23)10-16(14)24-20(21)28/h2-6,9-10,15,18-19,25H,7-8H2,1H3,(H,24,28)/t15-,18-,19+,21+/m0/s1. The molecule has 4 rings (SSSR count). The molecular formula is C21H19Cl2N3O5. The fourth-order valence-corrected chi connectivity index (χ4v) is 5.12. The Morgan fingerprint density at radius 3 is 2.65 bits per heavy atom. The van der Waals surface area contributed by atoms with Gasteiger partial charge >= 0.3 is 5.97 Å². The van der Waals surface area contributed by atoms with E-state index in [1.165, 1.54) is 7.11 Å². The highest BCUT2D eigenvalue weighted by Gasteiger charge is 2.66. The van der Waals surface area contributed by atoms with Gasteiger partial charge in [-0.15, -0.1) is 0 Å². The zero-order valence-corrected chi connectivity index (χ0v) is 17.9. The molecule has 1 fully saturated rings. The van der Waals surface area contributed by atoms with Crippen molar-refractivity contribution >= 4 is 40.8 Å². The molecule has 2 aromatic rings. The third-order valence-electron chi connectivity index (χ3n) is 5.98. The second-order valence-corrected chi connectivity index (χ2v) is 8.50. The van der Waals surface area contributed by atoms with Crippen LogP contribution in [0.15, 0.2) is 42.5 Å². The van der Waals surface area contributed by atoms with Crippen LogP contribution in [0, 0.1) is 10.1 Å². The number of carbonyl (C=O) groups is 2. The predicted octanol–water partition coefficient (Wildman–Crippen LogP) is 3.49. The van der Waals surface area contributed by atoms with E-state index in [2.05, 4.69) is 10.6 Å². The van der Waals surface area contributed by atoms with Gasteiger partial charge in [0.05, 0.1) is 19.1 Å². The van der Waals surface area contributed by atoms with Gasteiger partial charge in [0.2, 0.25) is 11.9 Å². The molecule has 0 bridgehead atoms. The normalized spacial score (nSPS) is 26.5. The van der Waals surface area contributed by atoms with Crippen LogP contribution in [0.4, 0.5) is 5.69 Å². The smallest absolute Gasteiger partial charge is 0.305 e. The number of esters is 1. The Morgan fingerprint density at radius 1 is 1.23 bits per heavy atom. The van der Waals surface area contributed by atoms with Crippen molar-refractivity contribution in [1.82, 2.24) is 5.32 Å². The van der Waals surface area contributed by atoms with Gasteiger partial charge in [0, 0.05) is 32.6 Å². The van der Waals surface area contributed by atoms with E-state index >= 15 is 0 Å². The van der Waals surface area contributed by atoms with Gasteiger partial charge in [-0.1, -0.05) is 41.4 Å². The van der Waals surface area contributed by atoms with Crippen molar-refractivity contribution in [2.45, 2.75) is 36.4 Å². The van der Waals surface area contributed by atoms with Crippen molar-refractivity contribution in [2.75, 3.05) is 12.4 Å². The van der Waals surface area contributed by atoms with Crippen LogP contribution < -0.4 is 10.6 Å². The molecule has 8 nitrogen and oxygen atoms in total. The van der Waals surface area contributed by atoms with Crippen LogP contribution in [0.2, 0.25) is 10.0 Å². The Morgan fingerprint density at radius 2 is 1.97 bits per heavy atom. The van der Waals surface area contributed by atoms with E-state index in [9.17, 15) is 19.7 Å². The number of hydrogen-bond acceptors (Lipinski definition) is 6. The van der Waals surface area contributed by atoms with E-state index in [0.29, 0.717) is 26.9 Å². The molecule has 2 N–H and O–H groups in total. The molecular weight excluding hydrogens is 445 g/mol. The maximum Gasteiger partial charge on any atom is 0.305 e. The summed E-state index contributed by atoms with van der Waals surface area (Å²) >= 11 is 12.3. The first-order chi connectivity index (χ1) is 14.8. The summed E-state index contributed by atoms with van der Waals surface area (Å²) in [6.45, 7) is 0. The molecule has 0 aliphatic carbocycles. The first-order valence-corrected chi connectivity index (χ1v) is 10.4. The predicted molar refractivity (Wildman–Crippen MR) is 115 cm³/mol. The zero-order chi connectivity index (χ0) is 22.3. The van der Waals surface area contributed by atoms with Crippen LogP contribution in [0.3, 0.4) is 0 Å². The van der Waals surface area contributed by atoms with Crippen LogP contribution in [0.25, 0.3) is 0 Å². The van der Waals surface area contributed by atoms with Crippen LogP contribution in [0.5, 0.6) is 0 Å². The molecule has 0 saturated carbocycles. The SMILES string of the molecule is COC(=O)CC[C@@H]1N[C@@]2(C(=O)Nc3cc(Cl)ccc32)[C@@H](c2cccc(Cl)c2)[C@@H]1[N+](=O)[O-]. The van der Waals surface area contributed by atoms with E-state index < -0.39 is 40.3 Å². The molecule has 0 aromatic heterocycles. The number of halogens is 2. The quantitative estimate of drug-likeness (QED) is 0.398. The first kappa shape index (κ1) is 21.5. The van der Waals surface area contributed by atoms with Gasteiger partial charge in [-0.25, -0.2) is 0 Å². The first-order valence-electron chi connectivity index (χ1n) is 9.63. The molecule has 1 spiro atoms. The minimum Gasteiger partial charge on any atom is -0.469 e. The van der Waals surface area contributed by atoms with Gasteiger partial charge < -0.3 is 10.1 Å². The number of ether oxygens (including phenoxy) is 1. The number of amides is 1. The number of fused-ring (bicyclic) bond motifs is 2. The number of anilines is 1. The number of nitro groups is 1. The Balaban J connectivity index is 1.89. The lowest BCUT2D eigenvalue weighted by molar-refractivity contribution is -0.527. The molecule has 2 heterocycles. The Kier molecular flexibility index (Phi) is 5.63. The van der Waals surface area contributed by atoms with Crippen molar-refractivity contribution in [2.24, 2.45) is 0 Å². The van der Waals surface area contributed by atoms with E-state index in [1.54, 1.807) is 42.5 Å². The number of methoxy groups -OCH3 is 1. The van der Waals surface area contributed by atoms with Gasteiger partial charge in [0.1, 0.15) is 5.54 Å². The fraction of sp³-hybridized carbons (Fsp3) is 0.333. The number of benzene rings is 2. The summed E-state index contributed by atoms with van der Waals surface area (Å²) in [5.74, 6) is -1.76. The molecule has 31 heavy (non-hydrogen) atoms.